The molecule has 0 saturated carbocycles. The van der Waals surface area contributed by atoms with E-state index in [0.29, 0.717) is 43.5 Å². The van der Waals surface area contributed by atoms with Gasteiger partial charge in [-0.15, -0.1) is 0 Å². The van der Waals surface area contributed by atoms with Crippen LogP contribution >= 0.6 is 0 Å². The van der Waals surface area contributed by atoms with Gasteiger partial charge < -0.3 is 20.1 Å². The van der Waals surface area contributed by atoms with Crippen LogP contribution in [0.4, 0.5) is 0 Å². The number of carbonyl (C=O) groups is 3. The minimum atomic E-state index is -0.734. The molecule has 7 nitrogen and oxygen atoms in total. The lowest BCUT2D eigenvalue weighted by molar-refractivity contribution is -0.137. The van der Waals surface area contributed by atoms with Crippen LogP contribution in [-0.2, 0) is 19.1 Å². The number of phenolic OH excluding ortho intramolecular Hbond substituents is 1. The molecule has 0 aromatic heterocycles. The average molecular weight is 368 g/mol. The van der Waals surface area contributed by atoms with E-state index in [4.69, 9.17) is 4.74 Å². The lowest BCUT2D eigenvalue weighted by Crippen LogP contribution is -2.50. The van der Waals surface area contributed by atoms with E-state index in [0.717, 1.165) is 5.70 Å². The molecule has 7 heteroatoms. The number of fused-ring (bicyclic) bond motifs is 2. The molecule has 2 N–H and O–H groups in total. The van der Waals surface area contributed by atoms with Gasteiger partial charge in [-0.3, -0.25) is 9.59 Å². The van der Waals surface area contributed by atoms with E-state index in [1.54, 1.807) is 17.0 Å². The number of aromatic hydroxyl groups is 1. The van der Waals surface area contributed by atoms with Gasteiger partial charge in [0.25, 0.3) is 5.91 Å². The topological polar surface area (TPSA) is 95.9 Å². The Morgan fingerprint density at radius 3 is 2.85 bits per heavy atom. The molecule has 1 atom stereocenters. The first-order valence-electron chi connectivity index (χ1n) is 8.96. The maximum Gasteiger partial charge on any atom is 0.337 e. The number of nitrogens with one attached hydrogen (secondary N) is 1. The monoisotopic (exact) mass is 368 g/mol. The van der Waals surface area contributed by atoms with Crippen LogP contribution in [0.15, 0.2) is 46.8 Å². The molecule has 0 bridgehead atoms. The summed E-state index contributed by atoms with van der Waals surface area (Å²) in [5, 5.41) is 12.7. The Morgan fingerprint density at radius 1 is 1.30 bits per heavy atom. The minimum absolute atomic E-state index is 0.0302. The quantitative estimate of drug-likeness (QED) is 0.765. The molecular weight excluding hydrogens is 348 g/mol. The zero-order chi connectivity index (χ0) is 19.1. The largest absolute Gasteiger partial charge is 0.508 e. The maximum atomic E-state index is 12.9. The van der Waals surface area contributed by atoms with Gasteiger partial charge in [-0.1, -0.05) is 12.1 Å². The minimum Gasteiger partial charge on any atom is -0.508 e. The molecule has 2 heterocycles. The summed E-state index contributed by atoms with van der Waals surface area (Å²) in [4.78, 5) is 40.1. The zero-order valence-corrected chi connectivity index (χ0v) is 14.9. The van der Waals surface area contributed by atoms with E-state index in [9.17, 15) is 19.5 Å². The van der Waals surface area contributed by atoms with Crippen molar-refractivity contribution in [2.24, 2.45) is 0 Å². The number of ether oxygens (including phenoxy) is 1. The Labute approximate surface area is 156 Å². The standard InChI is InChI=1S/C20H20N2O5/c1-27-20(26)17-15(11-4-2-5-12(23)10-11)16-13(6-3-7-14(16)24)22-9-8-21-19(25)18(17)22/h2,4-5,10,15,23H,3,6-9H2,1H3,(H,21,25). The number of ketones is 1. The number of carbonyl (C=O) groups excluding carboxylic acids is 3. The molecule has 1 aromatic carbocycles. The summed E-state index contributed by atoms with van der Waals surface area (Å²) < 4.78 is 4.98. The van der Waals surface area contributed by atoms with E-state index < -0.39 is 11.9 Å². The molecule has 1 saturated heterocycles. The first-order valence-corrected chi connectivity index (χ1v) is 8.96. The van der Waals surface area contributed by atoms with E-state index in [-0.39, 0.29) is 28.7 Å². The lowest BCUT2D eigenvalue weighted by atomic mass is 9.74. The second-order valence-electron chi connectivity index (χ2n) is 6.83. The van der Waals surface area contributed by atoms with Gasteiger partial charge in [0.2, 0.25) is 0 Å². The van der Waals surface area contributed by atoms with Crippen molar-refractivity contribution in [3.8, 4) is 5.75 Å². The van der Waals surface area contributed by atoms with Crippen LogP contribution in [0.5, 0.6) is 5.75 Å². The predicted molar refractivity (Wildman–Crippen MR) is 95.5 cm³/mol. The highest BCUT2D eigenvalue weighted by Gasteiger charge is 2.45. The van der Waals surface area contributed by atoms with Crippen LogP contribution < -0.4 is 5.32 Å². The van der Waals surface area contributed by atoms with Crippen molar-refractivity contribution in [3.05, 3.63) is 52.4 Å². The molecule has 3 aliphatic rings. The van der Waals surface area contributed by atoms with Crippen molar-refractivity contribution in [1.29, 1.82) is 0 Å². The molecule has 0 radical (unpaired) electrons. The maximum absolute atomic E-state index is 12.9. The van der Waals surface area contributed by atoms with Crippen molar-refractivity contribution in [2.75, 3.05) is 20.2 Å². The van der Waals surface area contributed by atoms with E-state index in [2.05, 4.69) is 5.32 Å². The molecule has 27 heavy (non-hydrogen) atoms. The van der Waals surface area contributed by atoms with Crippen LogP contribution in [0, 0.1) is 0 Å². The summed E-state index contributed by atoms with van der Waals surface area (Å²) in [6.07, 6.45) is 1.78. The third-order valence-electron chi connectivity index (χ3n) is 5.30. The van der Waals surface area contributed by atoms with E-state index in [1.165, 1.54) is 19.2 Å². The Bertz CT molecular complexity index is 915. The average Bonchev–Trinajstić information content (AvgIpc) is 2.67. The number of hydrogen-bond acceptors (Lipinski definition) is 6. The van der Waals surface area contributed by atoms with Gasteiger partial charge in [0.05, 0.1) is 12.7 Å². The number of Topliss-reactive ketones (excluding diaryl/α,β-unsaturated/α-hetero) is 1. The van der Waals surface area contributed by atoms with Crippen LogP contribution in [0.25, 0.3) is 0 Å². The molecule has 1 fully saturated rings. The SMILES string of the molecule is COC(=O)C1=C2C(=O)NCCN2C2=C(C(=O)CCC2)C1c1cccc(O)c1. The van der Waals surface area contributed by atoms with Crippen molar-refractivity contribution >= 4 is 17.7 Å². The van der Waals surface area contributed by atoms with Crippen LogP contribution in [0.1, 0.15) is 30.7 Å². The first-order chi connectivity index (χ1) is 13.0. The Kier molecular flexibility index (Phi) is 4.22. The number of hydrogen-bond donors (Lipinski definition) is 2. The van der Waals surface area contributed by atoms with Crippen LogP contribution in [-0.4, -0.2) is 47.9 Å². The van der Waals surface area contributed by atoms with Gasteiger partial charge >= 0.3 is 5.97 Å². The van der Waals surface area contributed by atoms with Gasteiger partial charge in [-0.2, -0.15) is 0 Å². The molecule has 1 aliphatic carbocycles. The number of esters is 1. The molecule has 0 spiro atoms. The zero-order valence-electron chi connectivity index (χ0n) is 14.9. The highest BCUT2D eigenvalue weighted by molar-refractivity contribution is 6.09. The summed E-state index contributed by atoms with van der Waals surface area (Å²) in [6, 6.07) is 6.45. The fraction of sp³-hybridized carbons (Fsp3) is 0.350. The molecule has 1 aromatic rings. The number of allylic oxidation sites excluding steroid dienone is 2. The fourth-order valence-electron chi connectivity index (χ4n) is 4.23. The van der Waals surface area contributed by atoms with E-state index in [1.807, 2.05) is 0 Å². The first kappa shape index (κ1) is 17.3. The molecule has 2 aliphatic heterocycles. The second kappa shape index (κ2) is 6.57. The molecule has 1 unspecified atom stereocenters. The van der Waals surface area contributed by atoms with E-state index >= 15 is 0 Å². The normalized spacial score (nSPS) is 22.3. The summed E-state index contributed by atoms with van der Waals surface area (Å²) in [5.41, 5.74) is 2.32. The molecule has 1 amide bonds. The lowest BCUT2D eigenvalue weighted by Gasteiger charge is -2.43. The Hall–Kier alpha value is -3.09. The number of piperazine rings is 1. The third kappa shape index (κ3) is 2.70. The van der Waals surface area contributed by atoms with Crippen molar-refractivity contribution < 1.29 is 24.2 Å². The highest BCUT2D eigenvalue weighted by Crippen LogP contribution is 2.47. The summed E-state index contributed by atoms with van der Waals surface area (Å²) in [7, 11) is 1.26. The van der Waals surface area contributed by atoms with Gasteiger partial charge in [0, 0.05) is 36.7 Å². The number of amides is 1. The number of nitrogens with zero attached hydrogens (tertiary/aromatic N) is 1. The Morgan fingerprint density at radius 2 is 2.11 bits per heavy atom. The highest BCUT2D eigenvalue weighted by atomic mass is 16.5. The number of benzene rings is 1. The molecule has 4 rings (SSSR count). The molecular formula is C20H20N2O5. The number of methoxy groups -OCH3 is 1. The summed E-state index contributed by atoms with van der Waals surface area (Å²) in [5.74, 6) is -1.73. The van der Waals surface area contributed by atoms with Gasteiger partial charge in [-0.25, -0.2) is 4.79 Å². The van der Waals surface area contributed by atoms with Crippen LogP contribution in [0.2, 0.25) is 0 Å². The smallest absolute Gasteiger partial charge is 0.337 e. The fourth-order valence-corrected chi connectivity index (χ4v) is 4.23. The number of phenols is 1. The summed E-state index contributed by atoms with van der Waals surface area (Å²) >= 11 is 0. The Balaban J connectivity index is 2.02. The van der Waals surface area contributed by atoms with Crippen molar-refractivity contribution in [2.45, 2.75) is 25.2 Å². The third-order valence-corrected chi connectivity index (χ3v) is 5.30. The molecule has 140 valence electrons. The van der Waals surface area contributed by atoms with Crippen LogP contribution in [0.3, 0.4) is 0 Å². The summed E-state index contributed by atoms with van der Waals surface area (Å²) in [6.45, 7) is 0.943. The van der Waals surface area contributed by atoms with Gasteiger partial charge in [-0.05, 0) is 30.5 Å². The van der Waals surface area contributed by atoms with Crippen molar-refractivity contribution in [3.63, 3.8) is 0 Å². The van der Waals surface area contributed by atoms with Gasteiger partial charge in [0.1, 0.15) is 11.4 Å². The second-order valence-corrected chi connectivity index (χ2v) is 6.83. The van der Waals surface area contributed by atoms with Gasteiger partial charge in [0.15, 0.2) is 5.78 Å². The number of rotatable bonds is 2. The van der Waals surface area contributed by atoms with Crippen molar-refractivity contribution in [1.82, 2.24) is 10.2 Å². The predicted octanol–water partition coefficient (Wildman–Crippen LogP) is 1.36.